The van der Waals surface area contributed by atoms with Gasteiger partial charge in [0.1, 0.15) is 6.54 Å². The van der Waals surface area contributed by atoms with Crippen LogP contribution < -0.4 is 16.6 Å². The van der Waals surface area contributed by atoms with Gasteiger partial charge in [0, 0.05) is 31.4 Å². The summed E-state index contributed by atoms with van der Waals surface area (Å²) in [6.45, 7) is 5.31. The van der Waals surface area contributed by atoms with Gasteiger partial charge in [0.2, 0.25) is 5.91 Å². The zero-order valence-corrected chi connectivity index (χ0v) is 14.8. The first-order valence-electron chi connectivity index (χ1n) is 8.20. The quantitative estimate of drug-likeness (QED) is 0.774. The van der Waals surface area contributed by atoms with Gasteiger partial charge in [-0.15, -0.1) is 0 Å². The van der Waals surface area contributed by atoms with Crippen LogP contribution >= 0.6 is 0 Å². The van der Waals surface area contributed by atoms with Crippen molar-refractivity contribution in [3.63, 3.8) is 0 Å². The van der Waals surface area contributed by atoms with E-state index in [2.05, 4.69) is 36.1 Å². The van der Waals surface area contributed by atoms with E-state index in [0.717, 1.165) is 22.2 Å². The summed E-state index contributed by atoms with van der Waals surface area (Å²) in [5.41, 5.74) is 1.11. The Morgan fingerprint density at radius 3 is 2.52 bits per heavy atom. The molecule has 1 heterocycles. The first-order valence-corrected chi connectivity index (χ1v) is 8.20. The molecule has 0 aliphatic carbocycles. The lowest BCUT2D eigenvalue weighted by molar-refractivity contribution is -0.121. The number of nitrogens with zero attached hydrogens (tertiary/aromatic N) is 2. The first kappa shape index (κ1) is 18.7. The van der Waals surface area contributed by atoms with Gasteiger partial charge in [-0.1, -0.05) is 24.3 Å². The molecule has 0 aliphatic rings. The molecule has 0 saturated heterocycles. The minimum absolute atomic E-state index is 0.135. The molecule has 1 aromatic heterocycles. The van der Waals surface area contributed by atoms with Crippen LogP contribution in [0.15, 0.2) is 46.1 Å². The van der Waals surface area contributed by atoms with Crippen molar-refractivity contribution in [3.05, 3.63) is 68.5 Å². The van der Waals surface area contributed by atoms with Crippen LogP contribution in [-0.4, -0.2) is 33.4 Å². The third-order valence-corrected chi connectivity index (χ3v) is 4.11. The van der Waals surface area contributed by atoms with Crippen LogP contribution in [0.1, 0.15) is 25.0 Å². The van der Waals surface area contributed by atoms with E-state index in [1.807, 2.05) is 24.3 Å². The van der Waals surface area contributed by atoms with Crippen LogP contribution in [0.4, 0.5) is 0 Å². The topological polar surface area (TPSA) is 87.2 Å². The average Bonchev–Trinajstić information content (AvgIpc) is 2.56. The second-order valence-electron chi connectivity index (χ2n) is 6.29. The smallest absolute Gasteiger partial charge is 0.328 e. The third-order valence-electron chi connectivity index (χ3n) is 4.11. The highest BCUT2D eigenvalue weighted by atomic mass is 16.2. The summed E-state index contributed by atoms with van der Waals surface area (Å²) >= 11 is 0. The number of amides is 1. The van der Waals surface area contributed by atoms with Crippen molar-refractivity contribution in [1.82, 2.24) is 19.8 Å². The van der Waals surface area contributed by atoms with Gasteiger partial charge in [0.05, 0.1) is 0 Å². The molecule has 1 amide bonds. The number of aromatic amines is 1. The maximum absolute atomic E-state index is 12.1. The monoisotopic (exact) mass is 344 g/mol. The molecular weight excluding hydrogens is 320 g/mol. The van der Waals surface area contributed by atoms with E-state index >= 15 is 0 Å². The van der Waals surface area contributed by atoms with Crippen molar-refractivity contribution >= 4 is 5.91 Å². The number of aromatic nitrogens is 2. The molecule has 134 valence electrons. The lowest BCUT2D eigenvalue weighted by atomic mass is 10.1. The summed E-state index contributed by atoms with van der Waals surface area (Å²) in [6.07, 6.45) is 1.31. The van der Waals surface area contributed by atoms with Crippen LogP contribution in [0.25, 0.3) is 0 Å². The number of benzene rings is 1. The molecule has 25 heavy (non-hydrogen) atoms. The summed E-state index contributed by atoms with van der Waals surface area (Å²) in [5, 5.41) is 2.82. The van der Waals surface area contributed by atoms with Gasteiger partial charge in [-0.25, -0.2) is 4.79 Å². The molecular formula is C18H24N4O3. The standard InChI is InChI=1S/C18H24N4O3/c1-13(2)21(3)11-15-7-5-4-6-14(15)10-19-17(24)12-22-9-8-16(23)20-18(22)25/h4-9,13H,10-12H2,1-3H3,(H,19,24)(H,20,23,25). The fraction of sp³-hybridized carbons (Fsp3) is 0.389. The van der Waals surface area contributed by atoms with Gasteiger partial charge in [0.15, 0.2) is 0 Å². The molecule has 2 rings (SSSR count). The fourth-order valence-corrected chi connectivity index (χ4v) is 2.31. The maximum atomic E-state index is 12.1. The van der Waals surface area contributed by atoms with Gasteiger partial charge in [-0.3, -0.25) is 24.0 Å². The predicted octanol–water partition coefficient (Wildman–Crippen LogP) is 0.693. The molecule has 0 radical (unpaired) electrons. The largest absolute Gasteiger partial charge is 0.350 e. The Bertz CT molecular complexity index is 838. The van der Waals surface area contributed by atoms with Crippen molar-refractivity contribution in [1.29, 1.82) is 0 Å². The van der Waals surface area contributed by atoms with E-state index in [-0.39, 0.29) is 12.5 Å². The Morgan fingerprint density at radius 2 is 1.88 bits per heavy atom. The van der Waals surface area contributed by atoms with Gasteiger partial charge in [-0.05, 0) is 32.0 Å². The normalized spacial score (nSPS) is 11.1. The fourth-order valence-electron chi connectivity index (χ4n) is 2.31. The highest BCUT2D eigenvalue weighted by Crippen LogP contribution is 2.12. The van der Waals surface area contributed by atoms with Crippen LogP contribution in [0.2, 0.25) is 0 Å². The van der Waals surface area contributed by atoms with E-state index in [4.69, 9.17) is 0 Å². The van der Waals surface area contributed by atoms with Crippen molar-refractivity contribution in [2.24, 2.45) is 0 Å². The highest BCUT2D eigenvalue weighted by Gasteiger charge is 2.10. The number of rotatable bonds is 7. The van der Waals surface area contributed by atoms with Gasteiger partial charge >= 0.3 is 5.69 Å². The van der Waals surface area contributed by atoms with Crippen LogP contribution in [0, 0.1) is 0 Å². The van der Waals surface area contributed by atoms with Gasteiger partial charge < -0.3 is 5.32 Å². The molecule has 2 aromatic rings. The van der Waals surface area contributed by atoms with Crippen molar-refractivity contribution in [3.8, 4) is 0 Å². The lowest BCUT2D eigenvalue weighted by Gasteiger charge is -2.22. The molecule has 0 atom stereocenters. The van der Waals surface area contributed by atoms with Crippen molar-refractivity contribution in [2.45, 2.75) is 39.5 Å². The Balaban J connectivity index is 2.00. The van der Waals surface area contributed by atoms with Crippen LogP contribution in [0.3, 0.4) is 0 Å². The Morgan fingerprint density at radius 1 is 1.20 bits per heavy atom. The maximum Gasteiger partial charge on any atom is 0.328 e. The minimum Gasteiger partial charge on any atom is -0.350 e. The SMILES string of the molecule is CC(C)N(C)Cc1ccccc1CNC(=O)Cn1ccc(=O)[nH]c1=O. The van der Waals surface area contributed by atoms with Gasteiger partial charge in [-0.2, -0.15) is 0 Å². The second kappa shape index (κ2) is 8.43. The predicted molar refractivity (Wildman–Crippen MR) is 96.2 cm³/mol. The molecule has 0 bridgehead atoms. The van der Waals surface area contributed by atoms with E-state index in [1.54, 1.807) is 0 Å². The molecule has 7 nitrogen and oxygen atoms in total. The molecule has 0 unspecified atom stereocenters. The lowest BCUT2D eigenvalue weighted by Crippen LogP contribution is -2.35. The zero-order valence-electron chi connectivity index (χ0n) is 14.8. The minimum atomic E-state index is -0.596. The molecule has 0 saturated carbocycles. The Hall–Kier alpha value is -2.67. The highest BCUT2D eigenvalue weighted by molar-refractivity contribution is 5.75. The number of carbonyl (C=O) groups excluding carboxylic acids is 1. The number of H-pyrrole nitrogens is 1. The van der Waals surface area contributed by atoms with E-state index in [1.165, 1.54) is 12.3 Å². The molecule has 2 N–H and O–H groups in total. The molecule has 0 aliphatic heterocycles. The summed E-state index contributed by atoms with van der Waals surface area (Å²) in [6, 6.07) is 9.59. The van der Waals surface area contributed by atoms with Crippen LogP contribution in [-0.2, 0) is 24.4 Å². The number of hydrogen-bond donors (Lipinski definition) is 2. The Labute approximate surface area is 146 Å². The van der Waals surface area contributed by atoms with Crippen molar-refractivity contribution in [2.75, 3.05) is 7.05 Å². The molecule has 1 aromatic carbocycles. The van der Waals surface area contributed by atoms with Crippen molar-refractivity contribution < 1.29 is 4.79 Å². The number of hydrogen-bond acceptors (Lipinski definition) is 4. The van der Waals surface area contributed by atoms with E-state index in [9.17, 15) is 14.4 Å². The van der Waals surface area contributed by atoms with Gasteiger partial charge in [0.25, 0.3) is 5.56 Å². The summed E-state index contributed by atoms with van der Waals surface area (Å²) < 4.78 is 1.16. The third kappa shape index (κ3) is 5.42. The molecule has 0 spiro atoms. The number of carbonyl (C=O) groups is 1. The van der Waals surface area contributed by atoms with Crippen LogP contribution in [0.5, 0.6) is 0 Å². The summed E-state index contributed by atoms with van der Waals surface area (Å²) in [7, 11) is 2.06. The second-order valence-corrected chi connectivity index (χ2v) is 6.29. The number of nitrogens with one attached hydrogen (secondary N) is 2. The van der Waals surface area contributed by atoms with E-state index in [0.29, 0.717) is 12.6 Å². The molecule has 0 fully saturated rings. The molecule has 7 heteroatoms. The first-order chi connectivity index (χ1) is 11.9. The van der Waals surface area contributed by atoms with E-state index < -0.39 is 11.2 Å². The average molecular weight is 344 g/mol. The Kier molecular flexibility index (Phi) is 6.30. The summed E-state index contributed by atoms with van der Waals surface area (Å²) in [4.78, 5) is 39.1. The summed E-state index contributed by atoms with van der Waals surface area (Å²) in [5.74, 6) is -0.291. The zero-order chi connectivity index (χ0) is 18.4.